The molecule has 1 spiro atoms. The Morgan fingerprint density at radius 2 is 2.16 bits per heavy atom. The van der Waals surface area contributed by atoms with Gasteiger partial charge < -0.3 is 10.5 Å². The van der Waals surface area contributed by atoms with Crippen molar-refractivity contribution in [2.75, 3.05) is 24.4 Å². The second-order valence-corrected chi connectivity index (χ2v) is 10.2. The van der Waals surface area contributed by atoms with Gasteiger partial charge in [0.25, 0.3) is 0 Å². The molecule has 2 saturated heterocycles. The SMILES string of the molecule is CC(C)(C(N)C1CCOC2(CCSC2)C1)S(C)(=O)=O. The summed E-state index contributed by atoms with van der Waals surface area (Å²) < 4.78 is 29.0. The summed E-state index contributed by atoms with van der Waals surface area (Å²) in [6.07, 6.45) is 4.13. The molecule has 0 amide bonds. The standard InChI is InChI=1S/C13H25NO3S2/c1-12(2,19(3,15)16)11(14)10-4-6-17-13(8-10)5-7-18-9-13/h10-11H,4-9,14H2,1-3H3. The van der Waals surface area contributed by atoms with Crippen LogP contribution >= 0.6 is 11.8 Å². The lowest BCUT2D eigenvalue weighted by Crippen LogP contribution is -2.56. The Morgan fingerprint density at radius 3 is 2.68 bits per heavy atom. The predicted molar refractivity (Wildman–Crippen MR) is 80.2 cm³/mol. The molecule has 0 bridgehead atoms. The minimum absolute atomic E-state index is 0.0429. The van der Waals surface area contributed by atoms with Gasteiger partial charge in [0.2, 0.25) is 0 Å². The van der Waals surface area contributed by atoms with Gasteiger partial charge in [-0.3, -0.25) is 0 Å². The first-order valence-electron chi connectivity index (χ1n) is 6.85. The molecule has 0 aromatic carbocycles. The third-order valence-corrected chi connectivity index (χ3v) is 8.27. The van der Waals surface area contributed by atoms with E-state index in [4.69, 9.17) is 10.5 Å². The lowest BCUT2D eigenvalue weighted by Gasteiger charge is -2.43. The van der Waals surface area contributed by atoms with E-state index in [0.29, 0.717) is 6.61 Å². The van der Waals surface area contributed by atoms with Crippen LogP contribution in [0.4, 0.5) is 0 Å². The van der Waals surface area contributed by atoms with Crippen LogP contribution in [0.3, 0.4) is 0 Å². The molecule has 4 nitrogen and oxygen atoms in total. The van der Waals surface area contributed by atoms with Crippen LogP contribution in [-0.2, 0) is 14.6 Å². The Labute approximate surface area is 120 Å². The van der Waals surface area contributed by atoms with Crippen molar-refractivity contribution in [3.63, 3.8) is 0 Å². The highest BCUT2D eigenvalue weighted by atomic mass is 32.2. The molecule has 19 heavy (non-hydrogen) atoms. The second-order valence-electron chi connectivity index (χ2n) is 6.49. The third-order valence-electron chi connectivity index (χ3n) is 4.86. The first kappa shape index (κ1) is 15.6. The number of nitrogens with two attached hydrogens (primary N) is 1. The van der Waals surface area contributed by atoms with Crippen molar-refractivity contribution < 1.29 is 13.2 Å². The van der Waals surface area contributed by atoms with Crippen LogP contribution in [0.2, 0.25) is 0 Å². The number of thioether (sulfide) groups is 1. The minimum atomic E-state index is -3.16. The van der Waals surface area contributed by atoms with Crippen molar-refractivity contribution in [2.24, 2.45) is 11.7 Å². The van der Waals surface area contributed by atoms with E-state index in [2.05, 4.69) is 0 Å². The normalized spacial score (nSPS) is 34.6. The molecule has 3 atom stereocenters. The highest BCUT2D eigenvalue weighted by Crippen LogP contribution is 2.42. The highest BCUT2D eigenvalue weighted by Gasteiger charge is 2.47. The highest BCUT2D eigenvalue weighted by molar-refractivity contribution is 7.99. The van der Waals surface area contributed by atoms with Gasteiger partial charge in [0, 0.05) is 24.7 Å². The number of hydrogen-bond donors (Lipinski definition) is 1. The van der Waals surface area contributed by atoms with E-state index in [1.807, 2.05) is 11.8 Å². The Kier molecular flexibility index (Phi) is 4.27. The molecule has 2 fully saturated rings. The van der Waals surface area contributed by atoms with E-state index >= 15 is 0 Å². The largest absolute Gasteiger partial charge is 0.374 e. The number of rotatable bonds is 3. The smallest absolute Gasteiger partial charge is 0.154 e. The van der Waals surface area contributed by atoms with Crippen LogP contribution in [0, 0.1) is 5.92 Å². The van der Waals surface area contributed by atoms with Crippen molar-refractivity contribution in [1.82, 2.24) is 0 Å². The maximum atomic E-state index is 11.9. The molecule has 6 heteroatoms. The molecule has 112 valence electrons. The third kappa shape index (κ3) is 2.96. The van der Waals surface area contributed by atoms with Gasteiger partial charge in [-0.15, -0.1) is 0 Å². The Morgan fingerprint density at radius 1 is 1.47 bits per heavy atom. The molecule has 0 aromatic rings. The van der Waals surface area contributed by atoms with Crippen LogP contribution in [0.25, 0.3) is 0 Å². The minimum Gasteiger partial charge on any atom is -0.374 e. The van der Waals surface area contributed by atoms with E-state index in [1.165, 1.54) is 6.26 Å². The zero-order valence-corrected chi connectivity index (χ0v) is 13.6. The summed E-state index contributed by atoms with van der Waals surface area (Å²) in [7, 11) is -3.16. The van der Waals surface area contributed by atoms with Crippen molar-refractivity contribution in [3.8, 4) is 0 Å². The fourth-order valence-corrected chi connectivity index (χ4v) is 5.12. The van der Waals surface area contributed by atoms with Gasteiger partial charge in [-0.2, -0.15) is 11.8 Å². The zero-order valence-electron chi connectivity index (χ0n) is 12.0. The summed E-state index contributed by atoms with van der Waals surface area (Å²) in [6.45, 7) is 4.20. The van der Waals surface area contributed by atoms with Crippen molar-refractivity contribution >= 4 is 21.6 Å². The van der Waals surface area contributed by atoms with E-state index in [9.17, 15) is 8.42 Å². The molecule has 0 saturated carbocycles. The van der Waals surface area contributed by atoms with Crippen LogP contribution in [-0.4, -0.2) is 49.2 Å². The maximum absolute atomic E-state index is 11.9. The Hall–Kier alpha value is 0.220. The number of sulfone groups is 1. The average Bonchev–Trinajstić information content (AvgIpc) is 2.74. The molecule has 0 aliphatic carbocycles. The van der Waals surface area contributed by atoms with Gasteiger partial charge in [-0.1, -0.05) is 0 Å². The summed E-state index contributed by atoms with van der Waals surface area (Å²) in [6, 6.07) is -0.325. The fourth-order valence-electron chi connectivity index (χ4n) is 3.05. The first-order valence-corrected chi connectivity index (χ1v) is 9.89. The second kappa shape index (κ2) is 5.20. The van der Waals surface area contributed by atoms with Crippen LogP contribution in [0.15, 0.2) is 0 Å². The topological polar surface area (TPSA) is 69.4 Å². The number of ether oxygens (including phenoxy) is 1. The zero-order chi connectivity index (χ0) is 14.3. The molecule has 2 aliphatic heterocycles. The summed E-state index contributed by atoms with van der Waals surface area (Å²) in [4.78, 5) is 0. The molecule has 2 rings (SSSR count). The van der Waals surface area contributed by atoms with Gasteiger partial charge >= 0.3 is 0 Å². The summed E-state index contributed by atoms with van der Waals surface area (Å²) in [5.74, 6) is 2.39. The van der Waals surface area contributed by atoms with Crippen LogP contribution < -0.4 is 5.73 Å². The van der Waals surface area contributed by atoms with Crippen molar-refractivity contribution in [1.29, 1.82) is 0 Å². The van der Waals surface area contributed by atoms with Crippen molar-refractivity contribution in [3.05, 3.63) is 0 Å². The molecule has 0 aromatic heterocycles. The maximum Gasteiger partial charge on any atom is 0.154 e. The van der Waals surface area contributed by atoms with Gasteiger partial charge in [0.15, 0.2) is 9.84 Å². The van der Waals surface area contributed by atoms with Crippen LogP contribution in [0.1, 0.15) is 33.1 Å². The van der Waals surface area contributed by atoms with Gasteiger partial charge in [-0.05, 0) is 44.8 Å². The molecule has 2 aliphatic rings. The molecule has 2 heterocycles. The van der Waals surface area contributed by atoms with Crippen molar-refractivity contribution in [2.45, 2.75) is 49.5 Å². The van der Waals surface area contributed by atoms with Gasteiger partial charge in [0.05, 0.1) is 10.3 Å². The molecule has 0 radical (unpaired) electrons. The lowest BCUT2D eigenvalue weighted by molar-refractivity contribution is -0.0845. The lowest BCUT2D eigenvalue weighted by atomic mass is 9.78. The summed E-state index contributed by atoms with van der Waals surface area (Å²) >= 11 is 1.92. The summed E-state index contributed by atoms with van der Waals surface area (Å²) in [5.41, 5.74) is 6.28. The quantitative estimate of drug-likeness (QED) is 0.854. The molecule has 3 unspecified atom stereocenters. The van der Waals surface area contributed by atoms with E-state index in [1.54, 1.807) is 13.8 Å². The Bertz CT molecular complexity index is 427. The molecular weight excluding hydrogens is 282 g/mol. The first-order chi connectivity index (χ1) is 8.68. The van der Waals surface area contributed by atoms with Gasteiger partial charge in [0.1, 0.15) is 0 Å². The Balaban J connectivity index is 2.13. The average molecular weight is 307 g/mol. The number of hydrogen-bond acceptors (Lipinski definition) is 5. The predicted octanol–water partition coefficient (Wildman–Crippen LogP) is 1.44. The van der Waals surface area contributed by atoms with E-state index in [-0.39, 0.29) is 17.6 Å². The summed E-state index contributed by atoms with van der Waals surface area (Å²) in [5, 5.41) is 0. The fraction of sp³-hybridized carbons (Fsp3) is 1.00. The van der Waals surface area contributed by atoms with E-state index in [0.717, 1.165) is 30.8 Å². The molecule has 2 N–H and O–H groups in total. The monoisotopic (exact) mass is 307 g/mol. The van der Waals surface area contributed by atoms with Gasteiger partial charge in [-0.25, -0.2) is 8.42 Å². The van der Waals surface area contributed by atoms with E-state index < -0.39 is 14.6 Å². The van der Waals surface area contributed by atoms with Crippen LogP contribution in [0.5, 0.6) is 0 Å². The molecular formula is C13H25NO3S2.